The van der Waals surface area contributed by atoms with Crippen LogP contribution in [0.25, 0.3) is 0 Å². The number of nitrogens with zero attached hydrogens (tertiary/aromatic N) is 2. The van der Waals surface area contributed by atoms with E-state index in [1.54, 1.807) is 11.8 Å². The van der Waals surface area contributed by atoms with Crippen molar-refractivity contribution in [2.24, 2.45) is 0 Å². The number of aromatic nitrogens is 2. The van der Waals surface area contributed by atoms with Crippen molar-refractivity contribution in [1.82, 2.24) is 9.97 Å². The van der Waals surface area contributed by atoms with Crippen LogP contribution in [0.15, 0.2) is 11.2 Å². The molecule has 1 rings (SSSR count). The van der Waals surface area contributed by atoms with Crippen molar-refractivity contribution in [3.8, 4) is 0 Å². The van der Waals surface area contributed by atoms with Crippen molar-refractivity contribution < 1.29 is 0 Å². The van der Waals surface area contributed by atoms with Gasteiger partial charge in [0.1, 0.15) is 11.6 Å². The van der Waals surface area contributed by atoms with Crippen LogP contribution in [0.2, 0.25) is 0 Å². The lowest BCUT2D eigenvalue weighted by Crippen LogP contribution is -2.16. The van der Waals surface area contributed by atoms with E-state index in [0.29, 0.717) is 6.04 Å². The van der Waals surface area contributed by atoms with Crippen molar-refractivity contribution in [2.75, 3.05) is 23.4 Å². The van der Waals surface area contributed by atoms with Crippen molar-refractivity contribution in [3.63, 3.8) is 0 Å². The van der Waals surface area contributed by atoms with Crippen LogP contribution in [-0.2, 0) is 0 Å². The Bertz CT molecular complexity index is 384. The van der Waals surface area contributed by atoms with Gasteiger partial charge in [-0.15, -0.1) is 0 Å². The molecule has 0 radical (unpaired) electrons. The summed E-state index contributed by atoms with van der Waals surface area (Å²) in [6.07, 6.45) is 8.12. The molecule has 0 spiro atoms. The second-order valence-corrected chi connectivity index (χ2v) is 5.87. The zero-order valence-corrected chi connectivity index (χ0v) is 14.0. The molecule has 0 bridgehead atoms. The van der Waals surface area contributed by atoms with E-state index in [-0.39, 0.29) is 0 Å². The molecule has 0 aliphatic heterocycles. The van der Waals surface area contributed by atoms with Crippen LogP contribution in [0, 0.1) is 0 Å². The van der Waals surface area contributed by atoms with E-state index >= 15 is 0 Å². The third-order valence-corrected chi connectivity index (χ3v) is 3.63. The number of hydrogen-bond donors (Lipinski definition) is 2. The summed E-state index contributed by atoms with van der Waals surface area (Å²) >= 11 is 1.58. The summed E-state index contributed by atoms with van der Waals surface area (Å²) in [5.41, 5.74) is 0. The molecule has 114 valence electrons. The van der Waals surface area contributed by atoms with Crippen molar-refractivity contribution >= 4 is 23.4 Å². The summed E-state index contributed by atoms with van der Waals surface area (Å²) in [5, 5.41) is 7.63. The second-order valence-electron chi connectivity index (χ2n) is 5.09. The minimum absolute atomic E-state index is 0.449. The van der Waals surface area contributed by atoms with Crippen LogP contribution < -0.4 is 10.6 Å². The van der Waals surface area contributed by atoms with E-state index in [1.807, 2.05) is 12.3 Å². The van der Waals surface area contributed by atoms with Gasteiger partial charge >= 0.3 is 0 Å². The third-order valence-electron chi connectivity index (χ3n) is 3.08. The Morgan fingerprint density at radius 2 is 1.90 bits per heavy atom. The normalized spacial score (nSPS) is 12.2. The molecule has 20 heavy (non-hydrogen) atoms. The Balaban J connectivity index is 2.62. The average molecular weight is 296 g/mol. The minimum Gasteiger partial charge on any atom is -0.370 e. The number of thioether (sulfide) groups is 1. The van der Waals surface area contributed by atoms with Gasteiger partial charge in [-0.2, -0.15) is 0 Å². The molecule has 0 amide bonds. The molecule has 0 aliphatic carbocycles. The van der Waals surface area contributed by atoms with Gasteiger partial charge in [-0.25, -0.2) is 9.97 Å². The highest BCUT2D eigenvalue weighted by atomic mass is 32.2. The van der Waals surface area contributed by atoms with Crippen LogP contribution >= 0.6 is 11.8 Å². The van der Waals surface area contributed by atoms with E-state index in [9.17, 15) is 0 Å². The molecule has 5 heteroatoms. The summed E-state index contributed by atoms with van der Waals surface area (Å²) in [6, 6.07) is 2.45. The van der Waals surface area contributed by atoms with E-state index in [4.69, 9.17) is 0 Å². The van der Waals surface area contributed by atoms with Gasteiger partial charge in [0.25, 0.3) is 0 Å². The van der Waals surface area contributed by atoms with E-state index in [1.165, 1.54) is 25.7 Å². The lowest BCUT2D eigenvalue weighted by molar-refractivity contribution is 0.613. The number of rotatable bonds is 10. The van der Waals surface area contributed by atoms with Gasteiger partial charge in [0.2, 0.25) is 0 Å². The fourth-order valence-electron chi connectivity index (χ4n) is 1.96. The fraction of sp³-hybridized carbons (Fsp3) is 0.733. The van der Waals surface area contributed by atoms with Gasteiger partial charge in [0.05, 0.1) is 0 Å². The zero-order valence-electron chi connectivity index (χ0n) is 13.2. The first-order valence-electron chi connectivity index (χ1n) is 7.63. The first-order valence-corrected chi connectivity index (χ1v) is 8.85. The predicted molar refractivity (Wildman–Crippen MR) is 89.8 cm³/mol. The molecule has 1 aromatic heterocycles. The average Bonchev–Trinajstić information content (AvgIpc) is 2.45. The molecular weight excluding hydrogens is 268 g/mol. The van der Waals surface area contributed by atoms with Gasteiger partial charge in [0, 0.05) is 18.7 Å². The first kappa shape index (κ1) is 17.1. The van der Waals surface area contributed by atoms with Gasteiger partial charge in [-0.3, -0.25) is 0 Å². The first-order chi connectivity index (χ1) is 9.69. The van der Waals surface area contributed by atoms with Gasteiger partial charge < -0.3 is 10.6 Å². The van der Waals surface area contributed by atoms with Crippen LogP contribution in [0.1, 0.15) is 52.9 Å². The van der Waals surface area contributed by atoms with Crippen molar-refractivity contribution in [2.45, 2.75) is 64.1 Å². The molecule has 0 aromatic carbocycles. The Kier molecular flexibility index (Phi) is 8.42. The highest BCUT2D eigenvalue weighted by Gasteiger charge is 2.07. The predicted octanol–water partition coefficient (Wildman–Crippen LogP) is 4.40. The smallest absolute Gasteiger partial charge is 0.191 e. The number of hydrogen-bond acceptors (Lipinski definition) is 5. The number of unbranched alkanes of at least 4 members (excludes halogenated alkanes) is 2. The van der Waals surface area contributed by atoms with Crippen LogP contribution in [0.4, 0.5) is 11.6 Å². The van der Waals surface area contributed by atoms with Crippen LogP contribution in [0.5, 0.6) is 0 Å². The molecule has 0 saturated heterocycles. The molecule has 4 nitrogen and oxygen atoms in total. The standard InChI is InChI=1S/C15H28N4S/c1-5-7-8-9-12(3)17-14-11-13(16-10-6-2)18-15(19-14)20-4/h11-12H,5-10H2,1-4H3,(H2,16,17,18,19). The summed E-state index contributed by atoms with van der Waals surface area (Å²) in [4.78, 5) is 9.00. The number of anilines is 2. The highest BCUT2D eigenvalue weighted by Crippen LogP contribution is 2.18. The van der Waals surface area contributed by atoms with E-state index < -0.39 is 0 Å². The lowest BCUT2D eigenvalue weighted by Gasteiger charge is -2.15. The lowest BCUT2D eigenvalue weighted by atomic mass is 10.1. The largest absolute Gasteiger partial charge is 0.370 e. The Morgan fingerprint density at radius 1 is 1.15 bits per heavy atom. The van der Waals surface area contributed by atoms with Gasteiger partial charge in [0.15, 0.2) is 5.16 Å². The molecule has 1 heterocycles. The second kappa shape index (κ2) is 9.86. The van der Waals surface area contributed by atoms with Crippen molar-refractivity contribution in [1.29, 1.82) is 0 Å². The van der Waals surface area contributed by atoms with Crippen LogP contribution in [0.3, 0.4) is 0 Å². The maximum atomic E-state index is 4.53. The molecule has 1 atom stereocenters. The fourth-order valence-corrected chi connectivity index (χ4v) is 2.34. The molecule has 0 saturated carbocycles. The van der Waals surface area contributed by atoms with Crippen LogP contribution in [-0.4, -0.2) is 28.8 Å². The summed E-state index contributed by atoms with van der Waals surface area (Å²) in [5.74, 6) is 1.83. The maximum absolute atomic E-state index is 4.53. The van der Waals surface area contributed by atoms with E-state index in [0.717, 1.165) is 29.8 Å². The minimum atomic E-state index is 0.449. The van der Waals surface area contributed by atoms with Gasteiger partial charge in [-0.1, -0.05) is 44.9 Å². The molecule has 1 unspecified atom stereocenters. The monoisotopic (exact) mass is 296 g/mol. The molecular formula is C15H28N4S. The molecule has 2 N–H and O–H groups in total. The SMILES string of the molecule is CCCCCC(C)Nc1cc(NCCC)nc(SC)n1. The molecule has 0 fully saturated rings. The number of nitrogens with one attached hydrogen (secondary N) is 2. The Labute approximate surface area is 127 Å². The Morgan fingerprint density at radius 3 is 2.55 bits per heavy atom. The van der Waals surface area contributed by atoms with Gasteiger partial charge in [-0.05, 0) is 26.0 Å². The summed E-state index contributed by atoms with van der Waals surface area (Å²) in [6.45, 7) is 7.55. The highest BCUT2D eigenvalue weighted by molar-refractivity contribution is 7.98. The topological polar surface area (TPSA) is 49.8 Å². The zero-order chi connectivity index (χ0) is 14.8. The Hall–Kier alpha value is -0.970. The maximum Gasteiger partial charge on any atom is 0.191 e. The molecule has 1 aromatic rings. The summed E-state index contributed by atoms with van der Waals surface area (Å²) < 4.78 is 0. The van der Waals surface area contributed by atoms with E-state index in [2.05, 4.69) is 41.4 Å². The summed E-state index contributed by atoms with van der Waals surface area (Å²) in [7, 11) is 0. The van der Waals surface area contributed by atoms with Crippen molar-refractivity contribution in [3.05, 3.63) is 6.07 Å². The third kappa shape index (κ3) is 6.46. The molecule has 0 aliphatic rings. The quantitative estimate of drug-likeness (QED) is 0.381.